The number of furan rings is 1. The second-order valence-electron chi connectivity index (χ2n) is 5.84. The number of carbonyl (C=O) groups excluding carboxylic acids is 2. The summed E-state index contributed by atoms with van der Waals surface area (Å²) >= 11 is 0. The lowest BCUT2D eigenvalue weighted by atomic mass is 10.1. The fourth-order valence-corrected chi connectivity index (χ4v) is 2.71. The zero-order valence-corrected chi connectivity index (χ0v) is 15.9. The first-order chi connectivity index (χ1) is 14.0. The second kappa shape index (κ2) is 8.47. The molecule has 29 heavy (non-hydrogen) atoms. The highest BCUT2D eigenvalue weighted by atomic mass is 19.1. The molecule has 2 aromatic carbocycles. The minimum Gasteiger partial charge on any atom is -0.493 e. The molecule has 0 unspecified atom stereocenters. The summed E-state index contributed by atoms with van der Waals surface area (Å²) < 4.78 is 34.6. The van der Waals surface area contributed by atoms with Gasteiger partial charge in [-0.2, -0.15) is 0 Å². The van der Waals surface area contributed by atoms with Gasteiger partial charge in [-0.25, -0.2) is 9.18 Å². The van der Waals surface area contributed by atoms with Crippen molar-refractivity contribution in [3.8, 4) is 22.8 Å². The molecule has 3 aromatic rings. The first-order valence-electron chi connectivity index (χ1n) is 8.49. The van der Waals surface area contributed by atoms with Gasteiger partial charge in [-0.05, 0) is 24.3 Å². The van der Waals surface area contributed by atoms with E-state index in [1.165, 1.54) is 51.7 Å². The molecular weight excluding hydrogens is 381 g/mol. The topological polar surface area (TPSA) is 87.0 Å². The summed E-state index contributed by atoms with van der Waals surface area (Å²) in [5.41, 5.74) is 0.440. The quantitative estimate of drug-likeness (QED) is 0.627. The molecule has 0 fully saturated rings. The number of hydrogen-bond acceptors (Lipinski definition) is 6. The molecule has 8 heteroatoms. The Morgan fingerprint density at radius 2 is 1.66 bits per heavy atom. The Bertz CT molecular complexity index is 1060. The molecule has 0 aliphatic heterocycles. The summed E-state index contributed by atoms with van der Waals surface area (Å²) in [6.07, 6.45) is 0. The normalized spacial score (nSPS) is 10.3. The van der Waals surface area contributed by atoms with Crippen LogP contribution in [0.25, 0.3) is 11.3 Å². The lowest BCUT2D eigenvalue weighted by Crippen LogP contribution is -2.15. The number of hydrogen-bond donors (Lipinski definition) is 1. The van der Waals surface area contributed by atoms with E-state index in [2.05, 4.69) is 5.32 Å². The number of nitrogens with one attached hydrogen (secondary N) is 1. The molecule has 0 aliphatic carbocycles. The Hall–Kier alpha value is -3.81. The predicted octanol–water partition coefficient (Wildman–Crippen LogP) is 4.14. The molecule has 0 saturated carbocycles. The molecule has 1 amide bonds. The smallest absolute Gasteiger partial charge is 0.340 e. The fraction of sp³-hybridized carbons (Fsp3) is 0.143. The van der Waals surface area contributed by atoms with Crippen LogP contribution in [0.2, 0.25) is 0 Å². The van der Waals surface area contributed by atoms with Crippen molar-refractivity contribution >= 4 is 17.6 Å². The van der Waals surface area contributed by atoms with Crippen LogP contribution >= 0.6 is 0 Å². The highest BCUT2D eigenvalue weighted by Gasteiger charge is 2.21. The number of anilines is 1. The molecule has 0 aliphatic rings. The minimum absolute atomic E-state index is 0.0612. The molecule has 3 rings (SSSR count). The number of methoxy groups -OCH3 is 3. The molecule has 1 N–H and O–H groups in total. The average molecular weight is 399 g/mol. The maximum atomic E-state index is 13.9. The summed E-state index contributed by atoms with van der Waals surface area (Å²) in [6, 6.07) is 11.8. The number of ether oxygens (including phenoxy) is 3. The van der Waals surface area contributed by atoms with Crippen molar-refractivity contribution < 1.29 is 32.6 Å². The van der Waals surface area contributed by atoms with Crippen LogP contribution in [0.4, 0.5) is 10.1 Å². The Balaban J connectivity index is 1.93. The summed E-state index contributed by atoms with van der Waals surface area (Å²) in [5.74, 6) is -1.03. The van der Waals surface area contributed by atoms with Gasteiger partial charge in [-0.3, -0.25) is 4.79 Å². The molecule has 0 spiro atoms. The summed E-state index contributed by atoms with van der Waals surface area (Å²) in [6.45, 7) is 0. The van der Waals surface area contributed by atoms with E-state index >= 15 is 0 Å². The van der Waals surface area contributed by atoms with Crippen molar-refractivity contribution in [3.05, 3.63) is 65.7 Å². The van der Waals surface area contributed by atoms with Crippen LogP contribution in [0.5, 0.6) is 11.5 Å². The number of benzene rings is 2. The van der Waals surface area contributed by atoms with Crippen molar-refractivity contribution in [2.45, 2.75) is 0 Å². The van der Waals surface area contributed by atoms with Gasteiger partial charge in [-0.15, -0.1) is 0 Å². The molecule has 150 valence electrons. The van der Waals surface area contributed by atoms with Crippen LogP contribution in [0.15, 0.2) is 52.9 Å². The lowest BCUT2D eigenvalue weighted by Gasteiger charge is -2.14. The largest absolute Gasteiger partial charge is 0.493 e. The highest BCUT2D eigenvalue weighted by Crippen LogP contribution is 2.34. The lowest BCUT2D eigenvalue weighted by molar-refractivity contribution is 0.0601. The molecule has 1 heterocycles. The Morgan fingerprint density at radius 3 is 2.31 bits per heavy atom. The van der Waals surface area contributed by atoms with Gasteiger partial charge in [0.1, 0.15) is 11.6 Å². The van der Waals surface area contributed by atoms with Gasteiger partial charge in [0.05, 0.1) is 38.1 Å². The molecule has 0 bridgehead atoms. The SMILES string of the molecule is COC(=O)c1cc(OC)c(OC)cc1NC(=O)c1ccc(-c2ccccc2F)o1. The third kappa shape index (κ3) is 4.06. The number of esters is 1. The van der Waals surface area contributed by atoms with E-state index in [-0.39, 0.29) is 28.3 Å². The van der Waals surface area contributed by atoms with Crippen LogP contribution in [0.3, 0.4) is 0 Å². The van der Waals surface area contributed by atoms with Crippen LogP contribution in [-0.4, -0.2) is 33.2 Å². The minimum atomic E-state index is -0.673. The number of rotatable bonds is 6. The third-order valence-corrected chi connectivity index (χ3v) is 4.15. The Morgan fingerprint density at radius 1 is 0.966 bits per heavy atom. The van der Waals surface area contributed by atoms with Crippen molar-refractivity contribution in [1.82, 2.24) is 0 Å². The molecule has 1 aromatic heterocycles. The van der Waals surface area contributed by atoms with Gasteiger partial charge >= 0.3 is 5.97 Å². The highest BCUT2D eigenvalue weighted by molar-refractivity contribution is 6.07. The van der Waals surface area contributed by atoms with E-state index in [0.29, 0.717) is 11.5 Å². The monoisotopic (exact) mass is 399 g/mol. The molecule has 7 nitrogen and oxygen atoms in total. The maximum Gasteiger partial charge on any atom is 0.340 e. The molecule has 0 saturated heterocycles. The van der Waals surface area contributed by atoms with E-state index in [4.69, 9.17) is 18.6 Å². The van der Waals surface area contributed by atoms with Crippen LogP contribution in [0, 0.1) is 5.82 Å². The molecular formula is C21H18FNO6. The van der Waals surface area contributed by atoms with E-state index < -0.39 is 17.7 Å². The van der Waals surface area contributed by atoms with Gasteiger partial charge in [-0.1, -0.05) is 12.1 Å². The van der Waals surface area contributed by atoms with Crippen LogP contribution < -0.4 is 14.8 Å². The number of carbonyl (C=O) groups is 2. The van der Waals surface area contributed by atoms with Crippen LogP contribution in [-0.2, 0) is 4.74 Å². The maximum absolute atomic E-state index is 13.9. The van der Waals surface area contributed by atoms with E-state index in [9.17, 15) is 14.0 Å². The fourth-order valence-electron chi connectivity index (χ4n) is 2.71. The first kappa shape index (κ1) is 19.9. The summed E-state index contributed by atoms with van der Waals surface area (Å²) in [5, 5.41) is 2.58. The van der Waals surface area contributed by atoms with E-state index in [0.717, 1.165) is 0 Å². The van der Waals surface area contributed by atoms with Crippen molar-refractivity contribution in [2.75, 3.05) is 26.6 Å². The van der Waals surface area contributed by atoms with Gasteiger partial charge in [0, 0.05) is 12.1 Å². The van der Waals surface area contributed by atoms with E-state index in [1.54, 1.807) is 18.2 Å². The molecule has 0 radical (unpaired) electrons. The number of amides is 1. The standard InChI is InChI=1S/C21H18FNO6/c1-26-18-10-13(21(25)28-3)15(11-19(18)27-2)23-20(24)17-9-8-16(29-17)12-6-4-5-7-14(12)22/h4-11H,1-3H3,(H,23,24). The van der Waals surface area contributed by atoms with Crippen LogP contribution in [0.1, 0.15) is 20.9 Å². The number of halogens is 1. The van der Waals surface area contributed by atoms with E-state index in [1.807, 2.05) is 0 Å². The zero-order chi connectivity index (χ0) is 21.0. The molecule has 0 atom stereocenters. The Labute approximate surface area is 166 Å². The average Bonchev–Trinajstić information content (AvgIpc) is 3.23. The van der Waals surface area contributed by atoms with Crippen molar-refractivity contribution in [1.29, 1.82) is 0 Å². The second-order valence-corrected chi connectivity index (χ2v) is 5.84. The van der Waals surface area contributed by atoms with Gasteiger partial charge in [0.15, 0.2) is 17.3 Å². The predicted molar refractivity (Wildman–Crippen MR) is 103 cm³/mol. The summed E-state index contributed by atoms with van der Waals surface area (Å²) in [4.78, 5) is 24.7. The van der Waals surface area contributed by atoms with Gasteiger partial charge in [0.2, 0.25) is 0 Å². The van der Waals surface area contributed by atoms with Crippen molar-refractivity contribution in [3.63, 3.8) is 0 Å². The Kier molecular flexibility index (Phi) is 5.82. The zero-order valence-electron chi connectivity index (χ0n) is 15.9. The summed E-state index contributed by atoms with van der Waals surface area (Å²) in [7, 11) is 4.07. The third-order valence-electron chi connectivity index (χ3n) is 4.15. The van der Waals surface area contributed by atoms with Gasteiger partial charge < -0.3 is 23.9 Å². The van der Waals surface area contributed by atoms with Crippen molar-refractivity contribution in [2.24, 2.45) is 0 Å². The van der Waals surface area contributed by atoms with Gasteiger partial charge in [0.25, 0.3) is 5.91 Å². The first-order valence-corrected chi connectivity index (χ1v) is 8.49.